The molecule has 0 unspecified atom stereocenters. The summed E-state index contributed by atoms with van der Waals surface area (Å²) in [4.78, 5) is 33.0. The number of aliphatic hydroxyl groups excluding tert-OH is 1. The van der Waals surface area contributed by atoms with Gasteiger partial charge in [0, 0.05) is 94.5 Å². The molecule has 0 bridgehead atoms. The van der Waals surface area contributed by atoms with Crippen molar-refractivity contribution in [3.05, 3.63) is 119 Å². The summed E-state index contributed by atoms with van der Waals surface area (Å²) >= 11 is 0. The van der Waals surface area contributed by atoms with Gasteiger partial charge in [-0.15, -0.1) is 0 Å². The first-order chi connectivity index (χ1) is 27.5. The van der Waals surface area contributed by atoms with Crippen LogP contribution >= 0.6 is 0 Å². The highest BCUT2D eigenvalue weighted by Gasteiger charge is 2.20. The first-order valence-electron chi connectivity index (χ1n) is 18.8. The van der Waals surface area contributed by atoms with Crippen LogP contribution in [0, 0.1) is 11.6 Å². The highest BCUT2D eigenvalue weighted by atomic mass is 19.1. The molecule has 0 atom stereocenters. The molecular formula is C44H52F2N6O6. The molecule has 2 saturated heterocycles. The van der Waals surface area contributed by atoms with E-state index in [1.54, 1.807) is 12.1 Å². The molecule has 6 N–H and O–H groups in total. The predicted octanol–water partition coefficient (Wildman–Crippen LogP) is 6.63. The Balaban J connectivity index is 0.000000209. The predicted molar refractivity (Wildman–Crippen MR) is 222 cm³/mol. The summed E-state index contributed by atoms with van der Waals surface area (Å²) in [5.41, 5.74) is 10.4. The number of rotatable bonds is 8. The van der Waals surface area contributed by atoms with Gasteiger partial charge in [-0.25, -0.2) is 13.6 Å². The molecule has 6 aromatic rings. The summed E-state index contributed by atoms with van der Waals surface area (Å²) in [7, 11) is 6.56. The van der Waals surface area contributed by atoms with E-state index in [9.17, 15) is 18.4 Å². The number of likely N-dealkylation sites (N-methyl/N-ethyl adjacent to an activating group) is 2. The summed E-state index contributed by atoms with van der Waals surface area (Å²) in [6, 6.07) is 24.7. The van der Waals surface area contributed by atoms with Crippen LogP contribution in [0.1, 0.15) is 31.8 Å². The number of carbonyl (C=O) groups is 2. The first-order valence-corrected chi connectivity index (χ1v) is 18.8. The summed E-state index contributed by atoms with van der Waals surface area (Å²) in [6.45, 7) is 10.5. The van der Waals surface area contributed by atoms with Crippen molar-refractivity contribution in [2.24, 2.45) is 5.73 Å². The van der Waals surface area contributed by atoms with E-state index in [1.807, 2.05) is 24.3 Å². The minimum atomic E-state index is -0.706. The zero-order chi connectivity index (χ0) is 40.6. The number of fused-ring (bicyclic) bond motifs is 2. The molecule has 2 aliphatic heterocycles. The van der Waals surface area contributed by atoms with Gasteiger partial charge in [0.05, 0.1) is 12.7 Å². The average molecular weight is 799 g/mol. The topological polar surface area (TPSA) is 164 Å². The number of methoxy groups -OCH3 is 1. The highest BCUT2D eigenvalue weighted by molar-refractivity contribution is 6.05. The quantitative estimate of drug-likeness (QED) is 0.142. The molecule has 308 valence electrons. The Morgan fingerprint density at radius 1 is 0.638 bits per heavy atom. The standard InChI is InChI=1S/C22H23FN2O3.C21H22FN3O2.CH4O.H3N/c1-24-7-9-25(10-8-24)14-15-3-5-16(6-4-15)20-12-17-11-18(23)13-19(21(17)28-20)22(26)27-2;1-24-6-8-25(9-7-24)13-14-2-4-15(5-3-14)19-11-16-10-17(22)12-18(21(23)26)20(16)27-19;1-2;/h3-6,11-13H,7-10,14H2,1-2H3;2-5,10-12H,6-9,13H2,1H3,(H2,23,26);2H,1H3;1H3. The fourth-order valence-corrected chi connectivity index (χ4v) is 7.04. The van der Waals surface area contributed by atoms with Crippen LogP contribution in [0.3, 0.4) is 0 Å². The van der Waals surface area contributed by atoms with Gasteiger partial charge >= 0.3 is 5.97 Å². The fourth-order valence-electron chi connectivity index (χ4n) is 7.04. The van der Waals surface area contributed by atoms with Crippen LogP contribution in [0.2, 0.25) is 0 Å². The number of primary amides is 1. The molecule has 0 radical (unpaired) electrons. The number of nitrogens with two attached hydrogens (primary N) is 1. The lowest BCUT2D eigenvalue weighted by atomic mass is 10.1. The SMILES string of the molecule is CN1CCN(Cc2ccc(-c3cc4cc(F)cc(C(N)=O)c4o3)cc2)CC1.CO.COC(=O)c1cc(F)cc2cc(-c3ccc(CN4CCN(C)CC4)cc3)oc12.N. The first kappa shape index (κ1) is 43.6. The van der Waals surface area contributed by atoms with Crippen molar-refractivity contribution < 1.29 is 37.0 Å². The van der Waals surface area contributed by atoms with Gasteiger partial charge in [0.1, 0.15) is 39.9 Å². The molecule has 1 amide bonds. The van der Waals surface area contributed by atoms with Crippen LogP contribution in [0.25, 0.3) is 44.6 Å². The molecule has 0 aliphatic carbocycles. The second-order valence-corrected chi connectivity index (χ2v) is 14.4. The molecule has 4 aromatic carbocycles. The third-order valence-electron chi connectivity index (χ3n) is 10.3. The number of aliphatic hydroxyl groups is 1. The van der Waals surface area contributed by atoms with E-state index in [0.29, 0.717) is 33.5 Å². The van der Waals surface area contributed by atoms with Crippen LogP contribution in [-0.4, -0.2) is 117 Å². The Bertz CT molecular complexity index is 2290. The van der Waals surface area contributed by atoms with Gasteiger partial charge in [-0.1, -0.05) is 48.5 Å². The number of piperazine rings is 2. The average Bonchev–Trinajstić information content (AvgIpc) is 3.85. The van der Waals surface area contributed by atoms with Gasteiger partial charge < -0.3 is 40.4 Å². The maximum atomic E-state index is 13.8. The minimum absolute atomic E-state index is 0. The third kappa shape index (κ3) is 10.5. The Hall–Kier alpha value is -5.48. The van der Waals surface area contributed by atoms with E-state index in [0.717, 1.165) is 95.8 Å². The van der Waals surface area contributed by atoms with Crippen LogP contribution in [-0.2, 0) is 17.8 Å². The molecule has 2 aliphatic rings. The van der Waals surface area contributed by atoms with Gasteiger partial charge in [0.15, 0.2) is 0 Å². The molecule has 4 heterocycles. The monoisotopic (exact) mass is 798 g/mol. The second-order valence-electron chi connectivity index (χ2n) is 14.4. The van der Waals surface area contributed by atoms with E-state index < -0.39 is 23.5 Å². The molecular weight excluding hydrogens is 747 g/mol. The van der Waals surface area contributed by atoms with E-state index in [2.05, 4.69) is 58.0 Å². The van der Waals surface area contributed by atoms with Gasteiger partial charge in [0.25, 0.3) is 5.91 Å². The zero-order valence-corrected chi connectivity index (χ0v) is 33.5. The number of nitrogens with zero attached hydrogens (tertiary/aromatic N) is 4. The highest BCUT2D eigenvalue weighted by Crippen LogP contribution is 2.33. The lowest BCUT2D eigenvalue weighted by Gasteiger charge is -2.32. The number of halogens is 2. The number of esters is 1. The molecule has 2 aromatic heterocycles. The van der Waals surface area contributed by atoms with Gasteiger partial charge in [-0.3, -0.25) is 14.6 Å². The summed E-state index contributed by atoms with van der Waals surface area (Å²) in [5, 5.41) is 8.07. The number of ether oxygens (including phenoxy) is 1. The van der Waals surface area contributed by atoms with Crippen molar-refractivity contribution in [3.8, 4) is 22.6 Å². The molecule has 14 heteroatoms. The number of hydrogen-bond donors (Lipinski definition) is 3. The molecule has 2 fully saturated rings. The Labute approximate surface area is 336 Å². The normalized spacial score (nSPS) is 15.2. The lowest BCUT2D eigenvalue weighted by Crippen LogP contribution is -2.43. The Morgan fingerprint density at radius 3 is 1.40 bits per heavy atom. The number of amides is 1. The molecule has 12 nitrogen and oxygen atoms in total. The van der Waals surface area contributed by atoms with Crippen molar-refractivity contribution >= 4 is 33.8 Å². The van der Waals surface area contributed by atoms with Crippen molar-refractivity contribution in [2.75, 3.05) is 80.7 Å². The van der Waals surface area contributed by atoms with Crippen LogP contribution < -0.4 is 11.9 Å². The number of hydrogen-bond acceptors (Lipinski definition) is 11. The maximum Gasteiger partial charge on any atom is 0.341 e. The smallest absolute Gasteiger partial charge is 0.341 e. The van der Waals surface area contributed by atoms with Crippen LogP contribution in [0.15, 0.2) is 93.8 Å². The van der Waals surface area contributed by atoms with Gasteiger partial charge in [0.2, 0.25) is 0 Å². The van der Waals surface area contributed by atoms with Crippen molar-refractivity contribution in [1.82, 2.24) is 25.8 Å². The molecule has 8 rings (SSSR count). The van der Waals surface area contributed by atoms with E-state index in [-0.39, 0.29) is 17.3 Å². The Kier molecular flexibility index (Phi) is 14.9. The van der Waals surface area contributed by atoms with E-state index in [1.165, 1.54) is 30.4 Å². The van der Waals surface area contributed by atoms with Crippen molar-refractivity contribution in [1.29, 1.82) is 0 Å². The summed E-state index contributed by atoms with van der Waals surface area (Å²) < 4.78 is 44.0. The zero-order valence-electron chi connectivity index (χ0n) is 33.5. The number of benzene rings is 4. The van der Waals surface area contributed by atoms with Crippen LogP contribution in [0.5, 0.6) is 0 Å². The third-order valence-corrected chi connectivity index (χ3v) is 10.3. The largest absolute Gasteiger partial charge is 0.465 e. The Morgan fingerprint density at radius 2 is 1.02 bits per heavy atom. The number of furan rings is 2. The number of carbonyl (C=O) groups excluding carboxylic acids is 2. The van der Waals surface area contributed by atoms with Gasteiger partial charge in [-0.05, 0) is 61.6 Å². The van der Waals surface area contributed by atoms with Gasteiger partial charge in [-0.2, -0.15) is 0 Å². The maximum absolute atomic E-state index is 13.8. The molecule has 0 saturated carbocycles. The van der Waals surface area contributed by atoms with E-state index >= 15 is 0 Å². The van der Waals surface area contributed by atoms with Crippen LogP contribution in [0.4, 0.5) is 8.78 Å². The minimum Gasteiger partial charge on any atom is -0.465 e. The molecule has 0 spiro atoms. The van der Waals surface area contributed by atoms with Crippen molar-refractivity contribution in [2.45, 2.75) is 13.1 Å². The lowest BCUT2D eigenvalue weighted by molar-refractivity contribution is 0.0601. The summed E-state index contributed by atoms with van der Waals surface area (Å²) in [6.07, 6.45) is 0. The fraction of sp³-hybridized carbons (Fsp3) is 0.318. The van der Waals surface area contributed by atoms with Crippen molar-refractivity contribution in [3.63, 3.8) is 0 Å². The van der Waals surface area contributed by atoms with E-state index in [4.69, 9.17) is 24.4 Å². The second kappa shape index (κ2) is 19.8. The summed E-state index contributed by atoms with van der Waals surface area (Å²) in [5.74, 6) is -1.15. The molecule has 58 heavy (non-hydrogen) atoms.